The average Bonchev–Trinajstić information content (AvgIpc) is 2.72. The van der Waals surface area contributed by atoms with Crippen LogP contribution in [0.2, 0.25) is 0 Å². The number of benzene rings is 2. The summed E-state index contributed by atoms with van der Waals surface area (Å²) in [5, 5.41) is 20.9. The first kappa shape index (κ1) is 20.8. The lowest BCUT2D eigenvalue weighted by Gasteiger charge is -2.25. The number of likely N-dealkylation sites (N-methyl/N-ethyl adjacent to an activating group) is 1. The van der Waals surface area contributed by atoms with Gasteiger partial charge in [-0.2, -0.15) is 0 Å². The highest BCUT2D eigenvalue weighted by Gasteiger charge is 2.25. The lowest BCUT2D eigenvalue weighted by molar-refractivity contribution is 0.104. The van der Waals surface area contributed by atoms with Crippen LogP contribution in [0, 0.1) is 6.92 Å². The van der Waals surface area contributed by atoms with Gasteiger partial charge in [-0.05, 0) is 49.2 Å². The van der Waals surface area contributed by atoms with E-state index in [9.17, 15) is 15.0 Å². The standard InChI is InChI=1S/C24H27NO4/c1-16-5-4-6-17(13-16)7-8-20(27)23-21(29-3)14-19(15-26)22(24(23)28)18-9-11-25(2)12-10-18/h4-9,13-14,26,28H,10-12,15H2,1-3H3/b8-7+. The van der Waals surface area contributed by atoms with E-state index in [2.05, 4.69) is 4.90 Å². The zero-order valence-corrected chi connectivity index (χ0v) is 17.1. The minimum Gasteiger partial charge on any atom is -0.506 e. The Kier molecular flexibility index (Phi) is 6.52. The number of ether oxygens (including phenoxy) is 1. The van der Waals surface area contributed by atoms with Crippen molar-refractivity contribution in [1.29, 1.82) is 0 Å². The van der Waals surface area contributed by atoms with Crippen LogP contribution in [0.25, 0.3) is 11.6 Å². The molecule has 0 aliphatic carbocycles. The highest BCUT2D eigenvalue weighted by molar-refractivity contribution is 6.11. The Balaban J connectivity index is 2.05. The summed E-state index contributed by atoms with van der Waals surface area (Å²) in [6.07, 6.45) is 5.93. The molecule has 1 aliphatic rings. The molecule has 0 bridgehead atoms. The molecule has 0 unspecified atom stereocenters. The molecule has 152 valence electrons. The van der Waals surface area contributed by atoms with E-state index in [0.29, 0.717) is 11.1 Å². The number of aryl methyl sites for hydroxylation is 1. The van der Waals surface area contributed by atoms with E-state index in [1.54, 1.807) is 12.1 Å². The van der Waals surface area contributed by atoms with Crippen LogP contribution in [0.4, 0.5) is 0 Å². The van der Waals surface area contributed by atoms with Gasteiger partial charge in [-0.15, -0.1) is 0 Å². The summed E-state index contributed by atoms with van der Waals surface area (Å²) in [5.41, 5.74) is 4.14. The predicted molar refractivity (Wildman–Crippen MR) is 115 cm³/mol. The molecular formula is C24H27NO4. The number of nitrogens with zero attached hydrogens (tertiary/aromatic N) is 1. The van der Waals surface area contributed by atoms with Gasteiger partial charge in [0.25, 0.3) is 0 Å². The molecule has 5 nitrogen and oxygen atoms in total. The van der Waals surface area contributed by atoms with E-state index in [1.807, 2.05) is 44.3 Å². The smallest absolute Gasteiger partial charge is 0.193 e. The summed E-state index contributed by atoms with van der Waals surface area (Å²) in [7, 11) is 3.48. The summed E-state index contributed by atoms with van der Waals surface area (Å²) < 4.78 is 5.37. The lowest BCUT2D eigenvalue weighted by Crippen LogP contribution is -2.24. The van der Waals surface area contributed by atoms with Gasteiger partial charge in [-0.25, -0.2) is 0 Å². The summed E-state index contributed by atoms with van der Waals surface area (Å²) in [5.74, 6) is -0.231. The molecule has 3 rings (SSSR count). The van der Waals surface area contributed by atoms with E-state index >= 15 is 0 Å². The molecule has 2 aromatic carbocycles. The maximum Gasteiger partial charge on any atom is 0.193 e. The molecule has 0 atom stereocenters. The fraction of sp³-hybridized carbons (Fsp3) is 0.292. The topological polar surface area (TPSA) is 70.0 Å². The van der Waals surface area contributed by atoms with Gasteiger partial charge in [0, 0.05) is 18.7 Å². The predicted octanol–water partition coefficient (Wildman–Crippen LogP) is 3.82. The molecule has 2 N–H and O–H groups in total. The first-order valence-electron chi connectivity index (χ1n) is 9.65. The molecule has 0 spiro atoms. The Morgan fingerprint density at radius 3 is 2.72 bits per heavy atom. The van der Waals surface area contributed by atoms with Crippen LogP contribution in [-0.4, -0.2) is 48.1 Å². The third-order valence-corrected chi connectivity index (χ3v) is 5.19. The second-order valence-corrected chi connectivity index (χ2v) is 7.35. The van der Waals surface area contributed by atoms with Gasteiger partial charge in [0.05, 0.1) is 13.7 Å². The highest BCUT2D eigenvalue weighted by atomic mass is 16.5. The fourth-order valence-corrected chi connectivity index (χ4v) is 3.61. The Morgan fingerprint density at radius 1 is 1.31 bits per heavy atom. The maximum atomic E-state index is 13.0. The van der Waals surface area contributed by atoms with Crippen molar-refractivity contribution in [2.24, 2.45) is 0 Å². The number of carbonyl (C=O) groups excluding carboxylic acids is 1. The number of methoxy groups -OCH3 is 1. The Morgan fingerprint density at radius 2 is 2.10 bits per heavy atom. The number of hydrogen-bond acceptors (Lipinski definition) is 5. The maximum absolute atomic E-state index is 13.0. The zero-order chi connectivity index (χ0) is 21.0. The van der Waals surface area contributed by atoms with E-state index in [-0.39, 0.29) is 29.5 Å². The van der Waals surface area contributed by atoms with Crippen molar-refractivity contribution < 1.29 is 19.7 Å². The molecule has 0 aromatic heterocycles. The number of aliphatic hydroxyl groups is 1. The van der Waals surface area contributed by atoms with Crippen LogP contribution in [0.15, 0.2) is 42.5 Å². The third-order valence-electron chi connectivity index (χ3n) is 5.19. The van der Waals surface area contributed by atoms with Gasteiger partial charge in [-0.3, -0.25) is 4.79 Å². The van der Waals surface area contributed by atoms with Gasteiger partial charge in [0.1, 0.15) is 17.1 Å². The zero-order valence-electron chi connectivity index (χ0n) is 17.1. The van der Waals surface area contributed by atoms with Crippen molar-refractivity contribution in [2.45, 2.75) is 20.0 Å². The monoisotopic (exact) mass is 393 g/mol. The molecule has 2 aromatic rings. The molecular weight excluding hydrogens is 366 g/mol. The van der Waals surface area contributed by atoms with Crippen molar-refractivity contribution in [2.75, 3.05) is 27.2 Å². The van der Waals surface area contributed by atoms with E-state index in [0.717, 1.165) is 36.2 Å². The Hall–Kier alpha value is -2.89. The first-order valence-corrected chi connectivity index (χ1v) is 9.65. The van der Waals surface area contributed by atoms with Crippen molar-refractivity contribution in [1.82, 2.24) is 4.90 Å². The number of aliphatic hydroxyl groups excluding tert-OH is 1. The Labute approximate surface area is 171 Å². The average molecular weight is 393 g/mol. The van der Waals surface area contributed by atoms with Crippen LogP contribution in [0.5, 0.6) is 11.5 Å². The van der Waals surface area contributed by atoms with Crippen LogP contribution >= 0.6 is 0 Å². The highest BCUT2D eigenvalue weighted by Crippen LogP contribution is 2.40. The molecule has 1 heterocycles. The molecule has 1 aliphatic heterocycles. The molecule has 0 amide bonds. The minimum absolute atomic E-state index is 0.114. The number of phenolic OH excluding ortho intramolecular Hbond substituents is 1. The summed E-state index contributed by atoms with van der Waals surface area (Å²) in [6, 6.07) is 9.45. The number of ketones is 1. The third kappa shape index (κ3) is 4.58. The second-order valence-electron chi connectivity index (χ2n) is 7.35. The van der Waals surface area contributed by atoms with Crippen LogP contribution in [-0.2, 0) is 6.61 Å². The lowest BCUT2D eigenvalue weighted by atomic mass is 9.90. The summed E-state index contributed by atoms with van der Waals surface area (Å²) in [4.78, 5) is 15.1. The summed E-state index contributed by atoms with van der Waals surface area (Å²) >= 11 is 0. The largest absolute Gasteiger partial charge is 0.506 e. The van der Waals surface area contributed by atoms with Crippen molar-refractivity contribution in [3.8, 4) is 11.5 Å². The minimum atomic E-state index is -0.347. The molecule has 0 saturated heterocycles. The number of aromatic hydroxyl groups is 1. The molecule has 5 heteroatoms. The van der Waals surface area contributed by atoms with E-state index < -0.39 is 0 Å². The van der Waals surface area contributed by atoms with Crippen molar-refractivity contribution >= 4 is 17.4 Å². The van der Waals surface area contributed by atoms with Gasteiger partial charge in [0.2, 0.25) is 0 Å². The van der Waals surface area contributed by atoms with E-state index in [4.69, 9.17) is 4.74 Å². The normalized spacial score (nSPS) is 14.8. The van der Waals surface area contributed by atoms with Gasteiger partial charge >= 0.3 is 0 Å². The van der Waals surface area contributed by atoms with Crippen molar-refractivity contribution in [3.05, 3.63) is 70.3 Å². The quantitative estimate of drug-likeness (QED) is 0.577. The number of carbonyl (C=O) groups is 1. The van der Waals surface area contributed by atoms with Crippen molar-refractivity contribution in [3.63, 3.8) is 0 Å². The fourth-order valence-electron chi connectivity index (χ4n) is 3.61. The summed E-state index contributed by atoms with van der Waals surface area (Å²) in [6.45, 7) is 3.34. The molecule has 0 fully saturated rings. The molecule has 29 heavy (non-hydrogen) atoms. The number of hydrogen-bond donors (Lipinski definition) is 2. The van der Waals surface area contributed by atoms with Gasteiger partial charge < -0.3 is 19.8 Å². The number of rotatable bonds is 6. The van der Waals surface area contributed by atoms with E-state index in [1.165, 1.54) is 13.2 Å². The first-order chi connectivity index (χ1) is 13.9. The van der Waals surface area contributed by atoms with Crippen LogP contribution in [0.3, 0.4) is 0 Å². The number of phenols is 1. The van der Waals surface area contributed by atoms with Crippen LogP contribution in [0.1, 0.15) is 39.0 Å². The molecule has 0 saturated carbocycles. The second kappa shape index (κ2) is 9.07. The van der Waals surface area contributed by atoms with Gasteiger partial charge in [0.15, 0.2) is 5.78 Å². The SMILES string of the molecule is COc1cc(CO)c(C2=CCN(C)CC2)c(O)c1C(=O)/C=C/c1cccc(C)c1. The Bertz CT molecular complexity index is 975. The molecule has 0 radical (unpaired) electrons. The number of allylic oxidation sites excluding steroid dienone is 1. The van der Waals surface area contributed by atoms with Gasteiger partial charge in [-0.1, -0.05) is 42.0 Å². The van der Waals surface area contributed by atoms with Crippen LogP contribution < -0.4 is 4.74 Å².